The number of halogens is 1. The summed E-state index contributed by atoms with van der Waals surface area (Å²) in [4.78, 5) is 0. The van der Waals surface area contributed by atoms with E-state index in [-0.39, 0.29) is 18.4 Å². The summed E-state index contributed by atoms with van der Waals surface area (Å²) in [6.45, 7) is 5.29. The molecule has 4 heteroatoms. The molecule has 0 bridgehead atoms. The van der Waals surface area contributed by atoms with Gasteiger partial charge in [-0.05, 0) is 50.3 Å². The normalized spacial score (nSPS) is 21.9. The molecule has 1 aliphatic rings. The van der Waals surface area contributed by atoms with Gasteiger partial charge in [-0.25, -0.2) is 0 Å². The molecule has 0 saturated heterocycles. The van der Waals surface area contributed by atoms with E-state index in [0.717, 1.165) is 17.9 Å². The molecule has 0 radical (unpaired) electrons. The zero-order valence-corrected chi connectivity index (χ0v) is 13.2. The summed E-state index contributed by atoms with van der Waals surface area (Å²) in [5.41, 5.74) is 7.55. The fourth-order valence-corrected chi connectivity index (χ4v) is 2.87. The predicted octanol–water partition coefficient (Wildman–Crippen LogP) is 3.89. The standard InChI is InChI=1S/C16H25NO2.ClH/c1-3-18-15-10-9-12(11-16(15)19-4-2)13-7-5-6-8-14(13)17;/h9-11,13-14H,3-8,17H2,1-2H3;1H/t13-,14-;/m0./s1. The smallest absolute Gasteiger partial charge is 0.161 e. The molecule has 114 valence electrons. The molecule has 0 aliphatic heterocycles. The van der Waals surface area contributed by atoms with Crippen LogP contribution in [0.15, 0.2) is 18.2 Å². The molecule has 1 aromatic carbocycles. The molecule has 1 fully saturated rings. The molecule has 2 N–H and O–H groups in total. The SMILES string of the molecule is CCOc1ccc([C@@H]2CCCC[C@@H]2N)cc1OCC.Cl. The van der Waals surface area contributed by atoms with Gasteiger partial charge in [0.15, 0.2) is 11.5 Å². The van der Waals surface area contributed by atoms with Gasteiger partial charge in [0.1, 0.15) is 0 Å². The van der Waals surface area contributed by atoms with Crippen molar-refractivity contribution in [1.29, 1.82) is 0 Å². The van der Waals surface area contributed by atoms with Gasteiger partial charge in [-0.1, -0.05) is 18.9 Å². The van der Waals surface area contributed by atoms with Gasteiger partial charge in [0, 0.05) is 6.04 Å². The zero-order valence-electron chi connectivity index (χ0n) is 12.4. The summed E-state index contributed by atoms with van der Waals surface area (Å²) >= 11 is 0. The molecule has 0 amide bonds. The van der Waals surface area contributed by atoms with Crippen LogP contribution in [-0.2, 0) is 0 Å². The average molecular weight is 300 g/mol. The molecular formula is C16H26ClNO2. The van der Waals surface area contributed by atoms with Crippen LogP contribution in [-0.4, -0.2) is 19.3 Å². The molecule has 1 aromatic rings. The number of rotatable bonds is 5. The van der Waals surface area contributed by atoms with Gasteiger partial charge in [-0.2, -0.15) is 0 Å². The minimum absolute atomic E-state index is 0. The average Bonchev–Trinajstić information content (AvgIpc) is 2.42. The van der Waals surface area contributed by atoms with Crippen LogP contribution in [0.25, 0.3) is 0 Å². The molecule has 1 saturated carbocycles. The Kier molecular flexibility index (Phi) is 7.17. The van der Waals surface area contributed by atoms with Crippen molar-refractivity contribution in [3.63, 3.8) is 0 Å². The van der Waals surface area contributed by atoms with Crippen molar-refractivity contribution in [2.24, 2.45) is 5.73 Å². The molecule has 0 spiro atoms. The lowest BCUT2D eigenvalue weighted by Crippen LogP contribution is -2.31. The molecule has 2 atom stereocenters. The number of benzene rings is 1. The monoisotopic (exact) mass is 299 g/mol. The van der Waals surface area contributed by atoms with E-state index in [1.54, 1.807) is 0 Å². The van der Waals surface area contributed by atoms with Crippen molar-refractivity contribution < 1.29 is 9.47 Å². The topological polar surface area (TPSA) is 44.5 Å². The number of nitrogens with two attached hydrogens (primary N) is 1. The Balaban J connectivity index is 0.00000200. The summed E-state index contributed by atoms with van der Waals surface area (Å²) in [5.74, 6) is 2.14. The third-order valence-corrected chi connectivity index (χ3v) is 3.82. The first-order valence-electron chi connectivity index (χ1n) is 7.41. The second-order valence-corrected chi connectivity index (χ2v) is 5.13. The van der Waals surface area contributed by atoms with Crippen molar-refractivity contribution in [2.45, 2.75) is 51.5 Å². The van der Waals surface area contributed by atoms with Crippen LogP contribution in [0.1, 0.15) is 51.0 Å². The van der Waals surface area contributed by atoms with Gasteiger partial charge < -0.3 is 15.2 Å². The highest BCUT2D eigenvalue weighted by Gasteiger charge is 2.24. The van der Waals surface area contributed by atoms with E-state index in [9.17, 15) is 0 Å². The summed E-state index contributed by atoms with van der Waals surface area (Å²) in [6, 6.07) is 6.56. The van der Waals surface area contributed by atoms with Gasteiger partial charge in [0.25, 0.3) is 0 Å². The molecule has 3 nitrogen and oxygen atoms in total. The van der Waals surface area contributed by atoms with Crippen LogP contribution in [0.3, 0.4) is 0 Å². The first-order valence-corrected chi connectivity index (χ1v) is 7.41. The second-order valence-electron chi connectivity index (χ2n) is 5.13. The van der Waals surface area contributed by atoms with Gasteiger partial charge in [0.2, 0.25) is 0 Å². The molecule has 0 aromatic heterocycles. The third-order valence-electron chi connectivity index (χ3n) is 3.82. The Morgan fingerprint density at radius 1 is 1.05 bits per heavy atom. The van der Waals surface area contributed by atoms with E-state index in [4.69, 9.17) is 15.2 Å². The maximum absolute atomic E-state index is 6.26. The van der Waals surface area contributed by atoms with Crippen molar-refractivity contribution in [1.82, 2.24) is 0 Å². The van der Waals surface area contributed by atoms with E-state index in [0.29, 0.717) is 19.1 Å². The van der Waals surface area contributed by atoms with Crippen LogP contribution in [0, 0.1) is 0 Å². The lowest BCUT2D eigenvalue weighted by atomic mass is 9.80. The Hall–Kier alpha value is -0.930. The van der Waals surface area contributed by atoms with Crippen LogP contribution < -0.4 is 15.2 Å². The predicted molar refractivity (Wildman–Crippen MR) is 85.2 cm³/mol. The van der Waals surface area contributed by atoms with E-state index >= 15 is 0 Å². The van der Waals surface area contributed by atoms with Crippen molar-refractivity contribution >= 4 is 12.4 Å². The quantitative estimate of drug-likeness (QED) is 0.897. The summed E-state index contributed by atoms with van der Waals surface area (Å²) < 4.78 is 11.3. The first-order chi connectivity index (χ1) is 9.26. The lowest BCUT2D eigenvalue weighted by molar-refractivity contribution is 0.286. The summed E-state index contributed by atoms with van der Waals surface area (Å²) in [5, 5.41) is 0. The molecule has 0 unspecified atom stereocenters. The van der Waals surface area contributed by atoms with Crippen LogP contribution >= 0.6 is 12.4 Å². The van der Waals surface area contributed by atoms with Crippen molar-refractivity contribution in [3.05, 3.63) is 23.8 Å². The Morgan fingerprint density at radius 2 is 1.70 bits per heavy atom. The maximum atomic E-state index is 6.26. The van der Waals surface area contributed by atoms with Gasteiger partial charge >= 0.3 is 0 Å². The molecule has 2 rings (SSSR count). The highest BCUT2D eigenvalue weighted by atomic mass is 35.5. The minimum Gasteiger partial charge on any atom is -0.490 e. The Morgan fingerprint density at radius 3 is 2.35 bits per heavy atom. The van der Waals surface area contributed by atoms with E-state index < -0.39 is 0 Å². The molecular weight excluding hydrogens is 274 g/mol. The van der Waals surface area contributed by atoms with Crippen LogP contribution in [0.4, 0.5) is 0 Å². The van der Waals surface area contributed by atoms with E-state index in [1.807, 2.05) is 19.9 Å². The highest BCUT2D eigenvalue weighted by Crippen LogP contribution is 2.36. The largest absolute Gasteiger partial charge is 0.490 e. The van der Waals surface area contributed by atoms with E-state index in [1.165, 1.54) is 24.8 Å². The van der Waals surface area contributed by atoms with E-state index in [2.05, 4.69) is 12.1 Å². The van der Waals surface area contributed by atoms with Gasteiger partial charge in [0.05, 0.1) is 13.2 Å². The first kappa shape index (κ1) is 17.1. The fraction of sp³-hybridized carbons (Fsp3) is 0.625. The molecule has 1 aliphatic carbocycles. The fourth-order valence-electron chi connectivity index (χ4n) is 2.87. The van der Waals surface area contributed by atoms with Crippen molar-refractivity contribution in [3.8, 4) is 11.5 Å². The van der Waals surface area contributed by atoms with Gasteiger partial charge in [-0.3, -0.25) is 0 Å². The molecule has 20 heavy (non-hydrogen) atoms. The van der Waals surface area contributed by atoms with Crippen LogP contribution in [0.5, 0.6) is 11.5 Å². The van der Waals surface area contributed by atoms with Crippen molar-refractivity contribution in [2.75, 3.05) is 13.2 Å². The number of ether oxygens (including phenoxy) is 2. The number of hydrogen-bond acceptors (Lipinski definition) is 3. The Labute approximate surface area is 128 Å². The maximum Gasteiger partial charge on any atom is 0.161 e. The molecule has 0 heterocycles. The van der Waals surface area contributed by atoms with Gasteiger partial charge in [-0.15, -0.1) is 12.4 Å². The Bertz CT molecular complexity index is 411. The summed E-state index contributed by atoms with van der Waals surface area (Å²) in [7, 11) is 0. The highest BCUT2D eigenvalue weighted by molar-refractivity contribution is 5.85. The zero-order chi connectivity index (χ0) is 13.7. The third kappa shape index (κ3) is 4.03. The summed E-state index contributed by atoms with van der Waals surface area (Å²) in [6.07, 6.45) is 4.84. The number of hydrogen-bond donors (Lipinski definition) is 1. The van der Waals surface area contributed by atoms with Crippen LogP contribution in [0.2, 0.25) is 0 Å². The second kappa shape index (κ2) is 8.38. The lowest BCUT2D eigenvalue weighted by Gasteiger charge is -2.29. The minimum atomic E-state index is 0.